The summed E-state index contributed by atoms with van der Waals surface area (Å²) in [7, 11) is 0. The number of thioether (sulfide) groups is 1. The molecule has 0 saturated carbocycles. The first-order valence-electron chi connectivity index (χ1n) is 19.0. The van der Waals surface area contributed by atoms with Crippen molar-refractivity contribution >= 4 is 52.5 Å². The number of carbonyl (C=O) groups excluding carboxylic acids is 4. The smallest absolute Gasteiger partial charge is 0.315 e. The Labute approximate surface area is 313 Å². The Kier molecular flexibility index (Phi) is 13.3. The van der Waals surface area contributed by atoms with Crippen LogP contribution in [0.15, 0.2) is 12.7 Å². The molecule has 18 heteroatoms. The summed E-state index contributed by atoms with van der Waals surface area (Å²) >= 11 is 1.90. The Morgan fingerprint density at radius 2 is 1.55 bits per heavy atom. The van der Waals surface area contributed by atoms with Crippen LogP contribution >= 0.6 is 11.8 Å². The Hall–Kier alpha value is -3.74. The van der Waals surface area contributed by atoms with Crippen LogP contribution in [-0.2, 0) is 28.6 Å². The van der Waals surface area contributed by atoms with Crippen molar-refractivity contribution in [3.63, 3.8) is 0 Å². The molecule has 5 amide bonds. The number of carbonyl (C=O) groups is 4. The topological polar surface area (TPSA) is 226 Å². The number of rotatable bonds is 20. The number of nitrogen functional groups attached to an aromatic ring is 1. The SMILES string of the molecule is CC1(C)O[C@@H]2[C@H](O1)[C@@H](CNC(=O)CCCCCNC(=O)CCCCCNC(=O)CCCC[C@@H]1SC[C@@H]3NC(=O)N[C@@H]31)O[C@H]2n1cnc2c(N)ncnc21. The van der Waals surface area contributed by atoms with Crippen LogP contribution in [0.4, 0.5) is 10.6 Å². The molecule has 0 aliphatic carbocycles. The number of imidazole rings is 1. The van der Waals surface area contributed by atoms with Crippen LogP contribution in [0, 0.1) is 0 Å². The van der Waals surface area contributed by atoms with Crippen molar-refractivity contribution in [1.29, 1.82) is 0 Å². The third-order valence-electron chi connectivity index (χ3n) is 10.2. The maximum atomic E-state index is 12.7. The number of nitrogens with one attached hydrogen (secondary N) is 5. The van der Waals surface area contributed by atoms with Crippen LogP contribution < -0.4 is 32.3 Å². The highest BCUT2D eigenvalue weighted by molar-refractivity contribution is 8.00. The molecule has 2 aromatic heterocycles. The molecule has 4 aliphatic rings. The van der Waals surface area contributed by atoms with Gasteiger partial charge in [0.2, 0.25) is 17.7 Å². The van der Waals surface area contributed by atoms with Gasteiger partial charge < -0.3 is 46.5 Å². The van der Waals surface area contributed by atoms with Crippen molar-refractivity contribution in [2.75, 3.05) is 31.1 Å². The van der Waals surface area contributed by atoms with Gasteiger partial charge in [-0.3, -0.25) is 19.0 Å². The van der Waals surface area contributed by atoms with Crippen LogP contribution in [0.1, 0.15) is 97.1 Å². The molecule has 0 aromatic carbocycles. The van der Waals surface area contributed by atoms with Crippen LogP contribution in [-0.4, -0.2) is 110 Å². The number of nitrogens with zero attached hydrogens (tertiary/aromatic N) is 4. The molecule has 4 saturated heterocycles. The van der Waals surface area contributed by atoms with Gasteiger partial charge in [0.1, 0.15) is 30.2 Å². The minimum atomic E-state index is -0.810. The largest absolute Gasteiger partial charge is 0.382 e. The second-order valence-corrected chi connectivity index (χ2v) is 16.0. The highest BCUT2D eigenvalue weighted by Crippen LogP contribution is 2.43. The van der Waals surface area contributed by atoms with E-state index in [0.717, 1.165) is 57.1 Å². The molecular weight excluding hydrogens is 705 g/mol. The number of nitrogens with two attached hydrogens (primary N) is 1. The fraction of sp³-hybridized carbons (Fsp3) is 0.743. The lowest BCUT2D eigenvalue weighted by Gasteiger charge is -2.25. The zero-order valence-corrected chi connectivity index (χ0v) is 31.5. The number of hydrogen-bond acceptors (Lipinski definition) is 12. The Morgan fingerprint density at radius 3 is 2.26 bits per heavy atom. The van der Waals surface area contributed by atoms with Crippen molar-refractivity contribution in [2.45, 2.75) is 139 Å². The molecule has 0 unspecified atom stereocenters. The molecular formula is C35H54N10O7S. The molecule has 0 bridgehead atoms. The van der Waals surface area contributed by atoms with Gasteiger partial charge in [-0.1, -0.05) is 19.3 Å². The van der Waals surface area contributed by atoms with Crippen molar-refractivity contribution in [1.82, 2.24) is 46.1 Å². The molecule has 292 valence electrons. The van der Waals surface area contributed by atoms with Gasteiger partial charge in [-0.25, -0.2) is 19.7 Å². The molecule has 53 heavy (non-hydrogen) atoms. The van der Waals surface area contributed by atoms with E-state index in [1.54, 1.807) is 10.9 Å². The molecule has 6 rings (SSSR count). The highest BCUT2D eigenvalue weighted by atomic mass is 32.2. The van der Waals surface area contributed by atoms with Crippen molar-refractivity contribution in [3.8, 4) is 0 Å². The van der Waals surface area contributed by atoms with Gasteiger partial charge in [0.05, 0.1) is 18.4 Å². The fourth-order valence-electron chi connectivity index (χ4n) is 7.49. The number of hydrogen-bond donors (Lipinski definition) is 6. The lowest BCUT2D eigenvalue weighted by atomic mass is 10.0. The minimum absolute atomic E-state index is 0.0283. The number of anilines is 1. The number of fused-ring (bicyclic) bond motifs is 3. The second kappa shape index (κ2) is 18.1. The van der Waals surface area contributed by atoms with E-state index in [0.29, 0.717) is 55.2 Å². The minimum Gasteiger partial charge on any atom is -0.382 e. The van der Waals surface area contributed by atoms with Crippen LogP contribution in [0.5, 0.6) is 0 Å². The van der Waals surface area contributed by atoms with E-state index in [1.165, 1.54) is 6.33 Å². The molecule has 7 N–H and O–H groups in total. The number of unbranched alkanes of at least 4 members (excludes halogenated alkanes) is 5. The molecule has 6 heterocycles. The number of aromatic nitrogens is 4. The summed E-state index contributed by atoms with van der Waals surface area (Å²) in [5.74, 6) is 0.448. The summed E-state index contributed by atoms with van der Waals surface area (Å²) in [5, 5.41) is 15.3. The number of urea groups is 1. The predicted octanol–water partition coefficient (Wildman–Crippen LogP) is 2.02. The average molecular weight is 759 g/mol. The molecule has 0 spiro atoms. The van der Waals surface area contributed by atoms with Crippen LogP contribution in [0.3, 0.4) is 0 Å². The van der Waals surface area contributed by atoms with E-state index in [9.17, 15) is 19.2 Å². The Morgan fingerprint density at radius 1 is 0.887 bits per heavy atom. The predicted molar refractivity (Wildman–Crippen MR) is 197 cm³/mol. The Balaban J connectivity index is 0.758. The normalized spacial score (nSPS) is 26.9. The van der Waals surface area contributed by atoms with E-state index in [1.807, 2.05) is 25.6 Å². The molecule has 4 aliphatic heterocycles. The lowest BCUT2D eigenvalue weighted by Crippen LogP contribution is -2.39. The van der Waals surface area contributed by atoms with Gasteiger partial charge in [0.15, 0.2) is 23.5 Å². The lowest BCUT2D eigenvalue weighted by molar-refractivity contribution is -0.195. The van der Waals surface area contributed by atoms with Gasteiger partial charge >= 0.3 is 6.03 Å². The summed E-state index contributed by atoms with van der Waals surface area (Å²) in [6, 6.07) is 0.383. The third-order valence-corrected chi connectivity index (χ3v) is 11.7. The first-order chi connectivity index (χ1) is 25.6. The van der Waals surface area contributed by atoms with Crippen molar-refractivity contribution in [2.24, 2.45) is 0 Å². The summed E-state index contributed by atoms with van der Waals surface area (Å²) in [6.45, 7) is 5.17. The first kappa shape index (κ1) is 39.0. The van der Waals surface area contributed by atoms with Crippen LogP contribution in [0.25, 0.3) is 11.2 Å². The second-order valence-electron chi connectivity index (χ2n) is 14.7. The fourth-order valence-corrected chi connectivity index (χ4v) is 9.03. The molecule has 17 nitrogen and oxygen atoms in total. The summed E-state index contributed by atoms with van der Waals surface area (Å²) in [4.78, 5) is 61.3. The molecule has 7 atom stereocenters. The van der Waals surface area contributed by atoms with E-state index < -0.39 is 30.3 Å². The summed E-state index contributed by atoms with van der Waals surface area (Å²) < 4.78 is 20.5. The van der Waals surface area contributed by atoms with E-state index >= 15 is 0 Å². The maximum Gasteiger partial charge on any atom is 0.315 e. The third kappa shape index (κ3) is 10.3. The van der Waals surface area contributed by atoms with Crippen molar-refractivity contribution < 1.29 is 33.4 Å². The van der Waals surface area contributed by atoms with Gasteiger partial charge in [0.25, 0.3) is 0 Å². The molecule has 4 fully saturated rings. The quantitative estimate of drug-likeness (QED) is 0.0843. The highest BCUT2D eigenvalue weighted by Gasteiger charge is 2.56. The van der Waals surface area contributed by atoms with E-state index in [4.69, 9.17) is 19.9 Å². The summed E-state index contributed by atoms with van der Waals surface area (Å²) in [6.07, 6.45) is 10.2. The first-order valence-corrected chi connectivity index (χ1v) is 20.1. The summed E-state index contributed by atoms with van der Waals surface area (Å²) in [5.41, 5.74) is 6.98. The number of ether oxygens (including phenoxy) is 3. The molecule has 0 radical (unpaired) electrons. The zero-order valence-electron chi connectivity index (χ0n) is 30.6. The van der Waals surface area contributed by atoms with Gasteiger partial charge in [-0.2, -0.15) is 11.8 Å². The van der Waals surface area contributed by atoms with E-state index in [2.05, 4.69) is 41.5 Å². The number of amides is 5. The van der Waals surface area contributed by atoms with Crippen molar-refractivity contribution in [3.05, 3.63) is 12.7 Å². The van der Waals surface area contributed by atoms with Gasteiger partial charge in [-0.05, 0) is 52.4 Å². The van der Waals surface area contributed by atoms with Gasteiger partial charge in [0, 0.05) is 49.9 Å². The monoisotopic (exact) mass is 758 g/mol. The van der Waals surface area contributed by atoms with E-state index in [-0.39, 0.29) is 48.2 Å². The standard InChI is InChI=1S/C35H54N10O7S/c1-35(2)51-29-22(50-33(30(29)52-35)45-20-42-28-31(36)40-19-41-32(28)45)17-39-26(48)13-6-4-10-15-37-24(46)12-5-3-9-16-38-25(47)14-8-7-11-23-27-21(18-53-23)43-34(49)44-27/h19-23,27,29-30,33H,3-18H2,1-2H3,(H,37,46)(H,38,47)(H,39,48)(H2,36,40,41)(H2,43,44,49)/t21-,22+,23-,27-,29+,30+,33+/m0/s1. The molecule has 2 aromatic rings. The zero-order chi connectivity index (χ0) is 37.4. The van der Waals surface area contributed by atoms with Gasteiger partial charge in [-0.15, -0.1) is 0 Å². The van der Waals surface area contributed by atoms with Crippen LogP contribution in [0.2, 0.25) is 0 Å². The Bertz CT molecular complexity index is 1590. The maximum absolute atomic E-state index is 12.7. The average Bonchev–Trinajstić information content (AvgIpc) is 3.93.